The number of esters is 1. The van der Waals surface area contributed by atoms with Gasteiger partial charge < -0.3 is 4.74 Å². The van der Waals surface area contributed by atoms with Crippen molar-refractivity contribution in [1.82, 2.24) is 4.98 Å². The Balaban J connectivity index is 1.42. The summed E-state index contributed by atoms with van der Waals surface area (Å²) in [6.07, 6.45) is 3.78. The maximum absolute atomic E-state index is 12.8. The quantitative estimate of drug-likeness (QED) is 0.147. The first kappa shape index (κ1) is 27.1. The van der Waals surface area contributed by atoms with E-state index in [2.05, 4.69) is 4.98 Å². The molecule has 0 saturated heterocycles. The van der Waals surface area contributed by atoms with E-state index in [1.54, 1.807) is 12.1 Å². The van der Waals surface area contributed by atoms with E-state index >= 15 is 0 Å². The van der Waals surface area contributed by atoms with Crippen LogP contribution in [0.1, 0.15) is 71.1 Å². The zero-order chi connectivity index (χ0) is 27.4. The maximum atomic E-state index is 12.8. The number of carbonyl (C=O) groups is 1. The lowest BCUT2D eigenvalue weighted by atomic mass is 9.96. The first-order valence-corrected chi connectivity index (χ1v) is 14.8. The molecular weight excluding hydrogens is 534 g/mol. The topological polar surface area (TPSA) is 82.6 Å². The Morgan fingerprint density at radius 3 is 2.69 bits per heavy atom. The van der Waals surface area contributed by atoms with Crippen LogP contribution in [0, 0.1) is 0 Å². The van der Waals surface area contributed by atoms with Gasteiger partial charge in [-0.25, -0.2) is 9.78 Å². The Morgan fingerprint density at radius 2 is 1.85 bits per heavy atom. The number of pyridine rings is 1. The molecule has 5 rings (SSSR count). The van der Waals surface area contributed by atoms with E-state index in [4.69, 9.17) is 20.5 Å². The number of fused-ring (bicyclic) bond motifs is 2. The molecule has 200 valence electrons. The predicted molar refractivity (Wildman–Crippen MR) is 154 cm³/mol. The molecule has 1 aromatic heterocycles. The lowest BCUT2D eigenvalue weighted by Gasteiger charge is -2.21. The monoisotopic (exact) mass is 561 g/mol. The first-order valence-electron chi connectivity index (χ1n) is 12.9. The van der Waals surface area contributed by atoms with Gasteiger partial charge in [0.15, 0.2) is 0 Å². The van der Waals surface area contributed by atoms with Gasteiger partial charge in [-0.05, 0) is 54.0 Å². The van der Waals surface area contributed by atoms with Crippen LogP contribution in [0.25, 0.3) is 23.1 Å². The van der Waals surface area contributed by atoms with Crippen molar-refractivity contribution in [3.05, 3.63) is 112 Å². The summed E-state index contributed by atoms with van der Waals surface area (Å²) in [6, 6.07) is 24.1. The minimum Gasteiger partial charge on any atom is -0.454 e. The van der Waals surface area contributed by atoms with Crippen LogP contribution in [0.15, 0.2) is 78.9 Å². The Morgan fingerprint density at radius 1 is 1.03 bits per heavy atom. The summed E-state index contributed by atoms with van der Waals surface area (Å²) >= 11 is 6.12. The van der Waals surface area contributed by atoms with Crippen LogP contribution in [0.3, 0.4) is 0 Å². The fourth-order valence-corrected chi connectivity index (χ4v) is 6.06. The van der Waals surface area contributed by atoms with Crippen molar-refractivity contribution in [2.24, 2.45) is 0 Å². The lowest BCUT2D eigenvalue weighted by Crippen LogP contribution is -2.17. The molecule has 1 aliphatic heterocycles. The second-order valence-corrected chi connectivity index (χ2v) is 11.6. The summed E-state index contributed by atoms with van der Waals surface area (Å²) in [7, 11) is -3.80. The van der Waals surface area contributed by atoms with Gasteiger partial charge in [0.1, 0.15) is 12.2 Å². The van der Waals surface area contributed by atoms with Crippen molar-refractivity contribution in [3.63, 3.8) is 0 Å². The van der Waals surface area contributed by atoms with Crippen LogP contribution in [0.2, 0.25) is 5.02 Å². The number of hydrogen-bond donors (Lipinski definition) is 0. The number of ether oxygens (including phenoxy) is 1. The molecule has 0 unspecified atom stereocenters. The number of cyclic esters (lactones) is 1. The smallest absolute Gasteiger partial charge is 0.339 e. The summed E-state index contributed by atoms with van der Waals surface area (Å²) in [6.45, 7) is 1.93. The fraction of sp³-hybridized carbons (Fsp3) is 0.226. The number of halogens is 1. The Bertz CT molecular complexity index is 1650. The molecule has 0 N–H and O–H groups in total. The summed E-state index contributed by atoms with van der Waals surface area (Å²) in [4.78, 5) is 17.1. The third-order valence-corrected chi connectivity index (χ3v) is 8.17. The third kappa shape index (κ3) is 6.56. The average molecular weight is 562 g/mol. The highest BCUT2D eigenvalue weighted by atomic mass is 35.5. The zero-order valence-electron chi connectivity index (χ0n) is 21.4. The van der Waals surface area contributed by atoms with Crippen molar-refractivity contribution in [3.8, 4) is 0 Å². The highest BCUT2D eigenvalue weighted by molar-refractivity contribution is 7.86. The van der Waals surface area contributed by atoms with Crippen molar-refractivity contribution >= 4 is 50.7 Å². The molecule has 0 spiro atoms. The third-order valence-electron chi connectivity index (χ3n) is 6.62. The molecule has 0 bridgehead atoms. The van der Waals surface area contributed by atoms with Gasteiger partial charge >= 0.3 is 5.97 Å². The van der Waals surface area contributed by atoms with E-state index in [9.17, 15) is 13.2 Å². The molecule has 4 aromatic rings. The van der Waals surface area contributed by atoms with Crippen molar-refractivity contribution in [2.45, 2.75) is 38.4 Å². The molecular formula is C31H28ClNO5S. The number of carbonyl (C=O) groups excluding carboxylic acids is 1. The van der Waals surface area contributed by atoms with E-state index < -0.39 is 28.3 Å². The van der Waals surface area contributed by atoms with Crippen LogP contribution in [-0.2, 0) is 19.0 Å². The molecule has 0 amide bonds. The molecule has 2 heterocycles. The van der Waals surface area contributed by atoms with Gasteiger partial charge in [0.05, 0.1) is 22.5 Å². The molecule has 0 fully saturated rings. The van der Waals surface area contributed by atoms with E-state index in [0.29, 0.717) is 22.6 Å². The van der Waals surface area contributed by atoms with E-state index in [-0.39, 0.29) is 12.2 Å². The molecule has 8 heteroatoms. The van der Waals surface area contributed by atoms with Crippen LogP contribution in [-0.4, -0.2) is 25.1 Å². The Labute approximate surface area is 233 Å². The average Bonchev–Trinajstić information content (AvgIpc) is 3.25. The van der Waals surface area contributed by atoms with Gasteiger partial charge in [-0.2, -0.15) is 8.42 Å². The van der Waals surface area contributed by atoms with Gasteiger partial charge in [-0.15, -0.1) is 0 Å². The summed E-state index contributed by atoms with van der Waals surface area (Å²) < 4.78 is 37.0. The molecule has 3 aromatic carbocycles. The molecule has 0 saturated carbocycles. The van der Waals surface area contributed by atoms with Gasteiger partial charge in [0, 0.05) is 22.4 Å². The van der Waals surface area contributed by atoms with E-state index in [1.165, 1.54) is 0 Å². The van der Waals surface area contributed by atoms with Crippen molar-refractivity contribution in [1.29, 1.82) is 0 Å². The minimum atomic E-state index is -3.80. The van der Waals surface area contributed by atoms with Gasteiger partial charge in [0.25, 0.3) is 10.1 Å². The second-order valence-electron chi connectivity index (χ2n) is 9.49. The van der Waals surface area contributed by atoms with Crippen LogP contribution in [0.5, 0.6) is 0 Å². The Hall–Kier alpha value is -3.52. The zero-order valence-corrected chi connectivity index (χ0v) is 23.0. The van der Waals surface area contributed by atoms with Gasteiger partial charge in [0.2, 0.25) is 0 Å². The standard InChI is InChI=1S/C31H28ClNO5S/c1-2-3-17-39(35,36)38-29(20-30-26-9-4-5-10-27(26)31(34)37-30)23-8-6-7-21(18-23)11-15-25-16-13-22-12-14-24(32)19-28(22)33-25/h4-16,18-19,29-30H,2-3,17,20H2,1H3/b15-11+/t29-,30-/m0/s1. The fourth-order valence-electron chi connectivity index (χ4n) is 4.61. The molecule has 1 aliphatic rings. The number of hydrogen-bond acceptors (Lipinski definition) is 6. The van der Waals surface area contributed by atoms with E-state index in [1.807, 2.05) is 85.8 Å². The Kier molecular flexibility index (Phi) is 8.12. The number of aromatic nitrogens is 1. The number of nitrogens with zero attached hydrogens (tertiary/aromatic N) is 1. The minimum absolute atomic E-state index is 0.0711. The summed E-state index contributed by atoms with van der Waals surface area (Å²) in [5.41, 5.74) is 4.33. The van der Waals surface area contributed by atoms with Crippen LogP contribution in [0.4, 0.5) is 0 Å². The van der Waals surface area contributed by atoms with Crippen molar-refractivity contribution < 1.29 is 22.1 Å². The molecule has 39 heavy (non-hydrogen) atoms. The number of benzene rings is 3. The predicted octanol–water partition coefficient (Wildman–Crippen LogP) is 7.55. The van der Waals surface area contributed by atoms with Crippen LogP contribution >= 0.6 is 11.6 Å². The summed E-state index contributed by atoms with van der Waals surface area (Å²) in [5.74, 6) is -0.484. The highest BCUT2D eigenvalue weighted by Gasteiger charge is 2.34. The normalized spacial score (nSPS) is 15.9. The first-order chi connectivity index (χ1) is 18.8. The lowest BCUT2D eigenvalue weighted by molar-refractivity contribution is 0.0272. The second kappa shape index (κ2) is 11.7. The van der Waals surface area contributed by atoms with Crippen molar-refractivity contribution in [2.75, 3.05) is 5.75 Å². The maximum Gasteiger partial charge on any atom is 0.339 e. The summed E-state index contributed by atoms with van der Waals surface area (Å²) in [5, 5.41) is 1.62. The SMILES string of the molecule is CCCCS(=O)(=O)O[C@@H](C[C@@H]1OC(=O)c2ccccc21)c1cccc(/C=C/c2ccc3ccc(Cl)cc3n2)c1. The largest absolute Gasteiger partial charge is 0.454 e. The number of rotatable bonds is 10. The molecule has 0 radical (unpaired) electrons. The number of unbranched alkanes of at least 4 members (excludes halogenated alkanes) is 1. The molecule has 2 atom stereocenters. The van der Waals surface area contributed by atoms with Crippen LogP contribution < -0.4 is 0 Å². The highest BCUT2D eigenvalue weighted by Crippen LogP contribution is 2.39. The van der Waals surface area contributed by atoms with Gasteiger partial charge in [-0.3, -0.25) is 4.18 Å². The molecule has 0 aliphatic carbocycles. The molecule has 6 nitrogen and oxygen atoms in total. The van der Waals surface area contributed by atoms with E-state index in [0.717, 1.165) is 34.1 Å². The van der Waals surface area contributed by atoms with Gasteiger partial charge in [-0.1, -0.05) is 79.6 Å².